The van der Waals surface area contributed by atoms with E-state index in [2.05, 4.69) is 20.2 Å². The van der Waals surface area contributed by atoms with Gasteiger partial charge in [0.25, 0.3) is 0 Å². The lowest BCUT2D eigenvalue weighted by Crippen LogP contribution is -2.31. The van der Waals surface area contributed by atoms with Gasteiger partial charge in [-0.25, -0.2) is 9.97 Å². The highest BCUT2D eigenvalue weighted by Crippen LogP contribution is 2.40. The molecule has 0 amide bonds. The molecular formula is C26H30N6O. The molecule has 3 heterocycles. The van der Waals surface area contributed by atoms with Crippen molar-refractivity contribution in [1.82, 2.24) is 24.8 Å². The molecule has 7 heteroatoms. The molecule has 5 rings (SSSR count). The number of fused-ring (bicyclic) bond motifs is 3. The number of nitrogens with zero attached hydrogens (tertiary/aromatic N) is 5. The number of anilines is 1. The Bertz CT molecular complexity index is 1140. The summed E-state index contributed by atoms with van der Waals surface area (Å²) in [6, 6.07) is 5.95. The summed E-state index contributed by atoms with van der Waals surface area (Å²) in [5.41, 5.74) is 5.94. The number of carbonyl (C=O) groups is 1. The number of benzene rings is 1. The third-order valence-corrected chi connectivity index (χ3v) is 6.52. The molecule has 0 atom stereocenters. The molecular weight excluding hydrogens is 412 g/mol. The van der Waals surface area contributed by atoms with E-state index in [-0.39, 0.29) is 5.78 Å². The summed E-state index contributed by atoms with van der Waals surface area (Å²) >= 11 is 0. The number of hydrogen-bond donors (Lipinski definition) is 1. The maximum atomic E-state index is 11.9. The van der Waals surface area contributed by atoms with Crippen LogP contribution in [0.5, 0.6) is 0 Å². The molecule has 7 nitrogen and oxygen atoms in total. The van der Waals surface area contributed by atoms with Crippen LogP contribution in [0.4, 0.5) is 5.82 Å². The van der Waals surface area contributed by atoms with Crippen LogP contribution in [-0.4, -0.2) is 56.8 Å². The fourth-order valence-corrected chi connectivity index (χ4v) is 4.84. The third-order valence-electron chi connectivity index (χ3n) is 6.52. The van der Waals surface area contributed by atoms with E-state index in [0.717, 1.165) is 64.8 Å². The van der Waals surface area contributed by atoms with Crippen LogP contribution in [-0.2, 0) is 12.8 Å². The van der Waals surface area contributed by atoms with Crippen LogP contribution in [0, 0.1) is 0 Å². The van der Waals surface area contributed by atoms with Gasteiger partial charge in [-0.15, -0.1) is 0 Å². The first-order valence-electron chi connectivity index (χ1n) is 11.9. The normalized spacial score (nSPS) is 15.2. The van der Waals surface area contributed by atoms with E-state index < -0.39 is 0 Å². The first-order chi connectivity index (χ1) is 16.2. The van der Waals surface area contributed by atoms with Crippen molar-refractivity contribution in [2.75, 3.05) is 31.5 Å². The SMILES string of the molecule is CC(=O)c1ccc2c(c1)Cc1nc(Cc3cnccn3)nc(NCCCN3CCCCC3)c1-2. The highest BCUT2D eigenvalue weighted by molar-refractivity contribution is 5.96. The Kier molecular flexibility index (Phi) is 6.39. The van der Waals surface area contributed by atoms with Crippen LogP contribution in [0.3, 0.4) is 0 Å². The molecule has 1 aliphatic heterocycles. The molecule has 1 aliphatic carbocycles. The number of ketones is 1. The summed E-state index contributed by atoms with van der Waals surface area (Å²) in [5.74, 6) is 1.71. The molecule has 1 saturated heterocycles. The minimum atomic E-state index is 0.0826. The van der Waals surface area contributed by atoms with Crippen molar-refractivity contribution in [3.05, 3.63) is 65.1 Å². The van der Waals surface area contributed by atoms with Gasteiger partial charge in [-0.1, -0.05) is 18.6 Å². The first-order valence-corrected chi connectivity index (χ1v) is 11.9. The zero-order chi connectivity index (χ0) is 22.6. The molecule has 0 saturated carbocycles. The Balaban J connectivity index is 1.39. The van der Waals surface area contributed by atoms with Gasteiger partial charge in [0.15, 0.2) is 5.78 Å². The standard InChI is InChI=1S/C26H30N6O/c1-18(33)19-6-7-22-20(14-19)15-23-25(22)26(29-8-5-13-32-11-3-2-4-12-32)31-24(30-23)16-21-17-27-9-10-28-21/h6-7,9-10,14,17H,2-5,8,11-13,15-16H2,1H3,(H,29,30,31). The zero-order valence-corrected chi connectivity index (χ0v) is 19.2. The number of aromatic nitrogens is 4. The van der Waals surface area contributed by atoms with Crippen molar-refractivity contribution in [3.63, 3.8) is 0 Å². The van der Waals surface area contributed by atoms with Gasteiger partial charge in [-0.05, 0) is 63.0 Å². The van der Waals surface area contributed by atoms with Crippen molar-refractivity contribution in [3.8, 4) is 11.1 Å². The van der Waals surface area contributed by atoms with E-state index in [9.17, 15) is 4.79 Å². The fraction of sp³-hybridized carbons (Fsp3) is 0.423. The highest BCUT2D eigenvalue weighted by Gasteiger charge is 2.26. The number of rotatable bonds is 8. The third kappa shape index (κ3) is 4.93. The summed E-state index contributed by atoms with van der Waals surface area (Å²) in [6.45, 7) is 6.03. The van der Waals surface area contributed by atoms with Crippen LogP contribution in [0.25, 0.3) is 11.1 Å². The number of hydrogen-bond acceptors (Lipinski definition) is 7. The van der Waals surface area contributed by atoms with E-state index in [1.165, 1.54) is 32.4 Å². The van der Waals surface area contributed by atoms with Crippen LogP contribution >= 0.6 is 0 Å². The Labute approximate surface area is 194 Å². The summed E-state index contributed by atoms with van der Waals surface area (Å²) < 4.78 is 0. The minimum absolute atomic E-state index is 0.0826. The first kappa shape index (κ1) is 21.6. The zero-order valence-electron chi connectivity index (χ0n) is 19.2. The second-order valence-electron chi connectivity index (χ2n) is 8.97. The van der Waals surface area contributed by atoms with Gasteiger partial charge in [0.1, 0.15) is 11.6 Å². The Morgan fingerprint density at radius 3 is 2.79 bits per heavy atom. The molecule has 3 aromatic rings. The lowest BCUT2D eigenvalue weighted by molar-refractivity contribution is 0.101. The fourth-order valence-electron chi connectivity index (χ4n) is 4.84. The summed E-state index contributed by atoms with van der Waals surface area (Å²) in [5, 5.41) is 3.61. The topological polar surface area (TPSA) is 83.9 Å². The Hall–Kier alpha value is -3.19. The second kappa shape index (κ2) is 9.75. The highest BCUT2D eigenvalue weighted by atomic mass is 16.1. The van der Waals surface area contributed by atoms with Gasteiger partial charge in [0.05, 0.1) is 17.8 Å². The van der Waals surface area contributed by atoms with E-state index in [4.69, 9.17) is 9.97 Å². The Morgan fingerprint density at radius 1 is 1.12 bits per heavy atom. The summed E-state index contributed by atoms with van der Waals surface area (Å²) in [7, 11) is 0. The molecule has 2 aromatic heterocycles. The van der Waals surface area contributed by atoms with Gasteiger partial charge < -0.3 is 10.2 Å². The molecule has 170 valence electrons. The molecule has 1 fully saturated rings. The molecule has 33 heavy (non-hydrogen) atoms. The van der Waals surface area contributed by atoms with Crippen LogP contribution in [0.1, 0.15) is 65.7 Å². The van der Waals surface area contributed by atoms with Gasteiger partial charge in [0, 0.05) is 42.7 Å². The molecule has 2 aliphatic rings. The lowest BCUT2D eigenvalue weighted by Gasteiger charge is -2.26. The number of carbonyl (C=O) groups excluding carboxylic acids is 1. The quantitative estimate of drug-likeness (QED) is 0.327. The van der Waals surface area contributed by atoms with E-state index in [0.29, 0.717) is 12.8 Å². The van der Waals surface area contributed by atoms with Crippen molar-refractivity contribution in [1.29, 1.82) is 0 Å². The molecule has 0 bridgehead atoms. The molecule has 0 unspecified atom stereocenters. The Morgan fingerprint density at radius 2 is 2.00 bits per heavy atom. The minimum Gasteiger partial charge on any atom is -0.369 e. The predicted octanol–water partition coefficient (Wildman–Crippen LogP) is 3.92. The number of likely N-dealkylation sites (tertiary alicyclic amines) is 1. The average molecular weight is 443 g/mol. The predicted molar refractivity (Wildman–Crippen MR) is 129 cm³/mol. The average Bonchev–Trinajstić information content (AvgIpc) is 3.20. The van der Waals surface area contributed by atoms with Crippen molar-refractivity contribution in [2.24, 2.45) is 0 Å². The number of piperidine rings is 1. The largest absolute Gasteiger partial charge is 0.369 e. The lowest BCUT2D eigenvalue weighted by atomic mass is 10.0. The second-order valence-corrected chi connectivity index (χ2v) is 8.97. The van der Waals surface area contributed by atoms with Gasteiger partial charge >= 0.3 is 0 Å². The smallest absolute Gasteiger partial charge is 0.159 e. The molecule has 1 aromatic carbocycles. The maximum absolute atomic E-state index is 11.9. The summed E-state index contributed by atoms with van der Waals surface area (Å²) in [4.78, 5) is 32.8. The van der Waals surface area contributed by atoms with Crippen molar-refractivity contribution >= 4 is 11.6 Å². The van der Waals surface area contributed by atoms with E-state index >= 15 is 0 Å². The maximum Gasteiger partial charge on any atom is 0.159 e. The van der Waals surface area contributed by atoms with Gasteiger partial charge in [-0.3, -0.25) is 14.8 Å². The number of nitrogens with one attached hydrogen (secondary N) is 1. The van der Waals surface area contributed by atoms with Crippen molar-refractivity contribution in [2.45, 2.75) is 45.4 Å². The van der Waals surface area contributed by atoms with Gasteiger partial charge in [0.2, 0.25) is 0 Å². The van der Waals surface area contributed by atoms with E-state index in [1.807, 2.05) is 18.2 Å². The van der Waals surface area contributed by atoms with Crippen LogP contribution in [0.15, 0.2) is 36.8 Å². The van der Waals surface area contributed by atoms with E-state index in [1.54, 1.807) is 25.5 Å². The molecule has 0 spiro atoms. The summed E-state index contributed by atoms with van der Waals surface area (Å²) in [6.07, 6.45) is 11.5. The van der Waals surface area contributed by atoms with Crippen molar-refractivity contribution < 1.29 is 4.79 Å². The number of Topliss-reactive ketones (excluding diaryl/α,β-unsaturated/α-hetero) is 1. The molecule has 0 radical (unpaired) electrons. The molecule has 1 N–H and O–H groups in total. The van der Waals surface area contributed by atoms with Crippen LogP contribution < -0.4 is 5.32 Å². The van der Waals surface area contributed by atoms with Crippen LogP contribution in [0.2, 0.25) is 0 Å². The van der Waals surface area contributed by atoms with Gasteiger partial charge in [-0.2, -0.15) is 0 Å². The monoisotopic (exact) mass is 442 g/mol.